The smallest absolute Gasteiger partial charge is 0.305 e. The molecule has 0 bridgehead atoms. The molecular formula is C42H77NO6. The lowest BCUT2D eigenvalue weighted by atomic mass is 9.99. The third-order valence-corrected chi connectivity index (χ3v) is 9.29. The number of nitrogens with zero attached hydrogens (tertiary/aromatic N) is 1. The fourth-order valence-corrected chi connectivity index (χ4v) is 6.03. The first-order valence-corrected chi connectivity index (χ1v) is 20.6. The van der Waals surface area contributed by atoms with Crippen LogP contribution in [-0.4, -0.2) is 43.4 Å². The zero-order valence-corrected chi connectivity index (χ0v) is 32.0. The lowest BCUT2D eigenvalue weighted by Gasteiger charge is -2.09. The maximum absolute atomic E-state index is 12.0. The van der Waals surface area contributed by atoms with Crippen LogP contribution >= 0.6 is 0 Å². The van der Waals surface area contributed by atoms with E-state index in [4.69, 9.17) is 9.47 Å². The first kappa shape index (κ1) is 47.0. The minimum absolute atomic E-state index is 0.0979. The average molecular weight is 692 g/mol. The van der Waals surface area contributed by atoms with E-state index < -0.39 is 0 Å². The van der Waals surface area contributed by atoms with Gasteiger partial charge in [-0.05, 0) is 88.9 Å². The van der Waals surface area contributed by atoms with Crippen molar-refractivity contribution in [1.82, 2.24) is 0 Å². The molecule has 2 unspecified atom stereocenters. The highest BCUT2D eigenvalue weighted by atomic mass is 16.5. The van der Waals surface area contributed by atoms with Crippen molar-refractivity contribution >= 4 is 11.9 Å². The Hall–Kier alpha value is -2.02. The van der Waals surface area contributed by atoms with Crippen LogP contribution < -0.4 is 0 Å². The van der Waals surface area contributed by atoms with E-state index in [-0.39, 0.29) is 24.5 Å². The van der Waals surface area contributed by atoms with Crippen molar-refractivity contribution in [2.75, 3.05) is 26.4 Å². The molecule has 0 aromatic carbocycles. The highest BCUT2D eigenvalue weighted by Gasteiger charge is 2.06. The summed E-state index contributed by atoms with van der Waals surface area (Å²) in [5.41, 5.74) is 0. The van der Waals surface area contributed by atoms with Crippen molar-refractivity contribution in [2.24, 2.45) is 17.0 Å². The average Bonchev–Trinajstić information content (AvgIpc) is 3.10. The van der Waals surface area contributed by atoms with E-state index in [1.165, 1.54) is 64.2 Å². The predicted molar refractivity (Wildman–Crippen MR) is 206 cm³/mol. The van der Waals surface area contributed by atoms with Gasteiger partial charge in [0.1, 0.15) is 0 Å². The molecule has 0 saturated heterocycles. The fourth-order valence-electron chi connectivity index (χ4n) is 6.03. The molecule has 286 valence electrons. The number of rotatable bonds is 38. The van der Waals surface area contributed by atoms with Crippen molar-refractivity contribution in [3.8, 4) is 0 Å². The van der Waals surface area contributed by atoms with Crippen molar-refractivity contribution in [2.45, 2.75) is 194 Å². The quantitative estimate of drug-likeness (QED) is 0.0299. The number of carbonyl (C=O) groups excluding carboxylic acids is 2. The summed E-state index contributed by atoms with van der Waals surface area (Å²) < 4.78 is 10.8. The van der Waals surface area contributed by atoms with E-state index in [0.717, 1.165) is 103 Å². The first-order chi connectivity index (χ1) is 24.1. The lowest BCUT2D eigenvalue weighted by molar-refractivity contribution is -0.145. The number of allylic oxidation sites excluding steroid dienone is 2. The highest BCUT2D eigenvalue weighted by Crippen LogP contribution is 2.16. The van der Waals surface area contributed by atoms with Crippen LogP contribution in [0.4, 0.5) is 0 Å². The molecule has 0 aliphatic heterocycles. The molecule has 0 radical (unpaired) electrons. The van der Waals surface area contributed by atoms with Gasteiger partial charge >= 0.3 is 11.9 Å². The predicted octanol–water partition coefficient (Wildman–Crippen LogP) is 12.1. The highest BCUT2D eigenvalue weighted by molar-refractivity contribution is 5.69. The minimum atomic E-state index is -0.104. The van der Waals surface area contributed by atoms with Crippen molar-refractivity contribution < 1.29 is 24.2 Å². The third kappa shape index (κ3) is 35.6. The number of carbonyl (C=O) groups is 2. The fraction of sp³-hybridized carbons (Fsp3) is 0.857. The van der Waals surface area contributed by atoms with Crippen LogP contribution in [0, 0.1) is 16.7 Å². The van der Waals surface area contributed by atoms with Gasteiger partial charge in [0.25, 0.3) is 0 Å². The molecule has 1 N–H and O–H groups in total. The van der Waals surface area contributed by atoms with Crippen molar-refractivity contribution in [3.05, 3.63) is 29.2 Å². The summed E-state index contributed by atoms with van der Waals surface area (Å²) in [5.74, 6) is 0.377. The summed E-state index contributed by atoms with van der Waals surface area (Å²) in [6.07, 6.45) is 38.4. The molecule has 0 rings (SSSR count). The van der Waals surface area contributed by atoms with Gasteiger partial charge in [-0.25, -0.2) is 0 Å². The molecule has 0 heterocycles. The summed E-state index contributed by atoms with van der Waals surface area (Å²) in [7, 11) is 0. The van der Waals surface area contributed by atoms with Crippen LogP contribution in [0.5, 0.6) is 0 Å². The summed E-state index contributed by atoms with van der Waals surface area (Å²) in [6, 6.07) is 0. The molecule has 0 amide bonds. The summed E-state index contributed by atoms with van der Waals surface area (Å²) in [5, 5.41) is 12.7. The minimum Gasteiger partial charge on any atom is -0.466 e. The maximum atomic E-state index is 12.0. The zero-order valence-electron chi connectivity index (χ0n) is 32.0. The van der Waals surface area contributed by atoms with Crippen LogP contribution in [0.25, 0.3) is 0 Å². The van der Waals surface area contributed by atoms with Gasteiger partial charge in [-0.2, -0.15) is 4.91 Å². The Morgan fingerprint density at radius 3 is 1.43 bits per heavy atom. The Morgan fingerprint density at radius 1 is 0.551 bits per heavy atom. The Labute approximate surface area is 301 Å². The van der Waals surface area contributed by atoms with Gasteiger partial charge in [-0.1, -0.05) is 133 Å². The van der Waals surface area contributed by atoms with Gasteiger partial charge in [0, 0.05) is 19.4 Å². The standard InChI is InChI=1S/C42H77NO6/c1-3-5-7-13-21-29-39(37-43-47)30-22-15-9-11-17-25-33-41(45)48-35-27-19-20-28-36-49-42(46)34-26-18-12-10-16-24-32-40(38-44)31-23-14-8-6-4-2/h22,24,30,32,39-40,44H,3-21,23,25-29,31,33-38H2,1-2H3/b30-22+,32-24+. The molecule has 0 saturated carbocycles. The second-order valence-corrected chi connectivity index (χ2v) is 14.0. The van der Waals surface area contributed by atoms with Crippen molar-refractivity contribution in [3.63, 3.8) is 0 Å². The normalized spacial score (nSPS) is 12.9. The number of hydrogen-bond donors (Lipinski definition) is 1. The van der Waals surface area contributed by atoms with Gasteiger partial charge in [0.05, 0.1) is 19.8 Å². The number of hydrogen-bond acceptors (Lipinski definition) is 7. The molecule has 0 aliphatic rings. The number of esters is 2. The van der Waals surface area contributed by atoms with Crippen molar-refractivity contribution in [1.29, 1.82) is 0 Å². The largest absolute Gasteiger partial charge is 0.466 e. The summed E-state index contributed by atoms with van der Waals surface area (Å²) in [6.45, 7) is 6.02. The number of aliphatic hydroxyl groups excluding tert-OH is 1. The maximum Gasteiger partial charge on any atom is 0.305 e. The van der Waals surface area contributed by atoms with E-state index in [9.17, 15) is 19.6 Å². The van der Waals surface area contributed by atoms with Gasteiger partial charge in [-0.15, -0.1) is 0 Å². The van der Waals surface area contributed by atoms with E-state index in [0.29, 0.717) is 38.5 Å². The lowest BCUT2D eigenvalue weighted by Crippen LogP contribution is -2.07. The molecule has 0 aliphatic carbocycles. The Kier molecular flexibility index (Phi) is 37.2. The van der Waals surface area contributed by atoms with E-state index in [2.05, 4.69) is 43.3 Å². The Bertz CT molecular complexity index is 798. The second-order valence-electron chi connectivity index (χ2n) is 14.0. The number of aliphatic hydroxyl groups is 1. The van der Waals surface area contributed by atoms with Crippen LogP contribution in [0.2, 0.25) is 0 Å². The number of unbranched alkanes of at least 4 members (excludes halogenated alkanes) is 19. The van der Waals surface area contributed by atoms with E-state index in [1.54, 1.807) is 0 Å². The molecule has 49 heavy (non-hydrogen) atoms. The Morgan fingerprint density at radius 2 is 0.959 bits per heavy atom. The number of ether oxygens (including phenoxy) is 2. The van der Waals surface area contributed by atoms with Crippen LogP contribution in [-0.2, 0) is 19.1 Å². The third-order valence-electron chi connectivity index (χ3n) is 9.29. The summed E-state index contributed by atoms with van der Waals surface area (Å²) >= 11 is 0. The molecule has 2 atom stereocenters. The van der Waals surface area contributed by atoms with Crippen LogP contribution in [0.1, 0.15) is 194 Å². The molecular weight excluding hydrogens is 614 g/mol. The molecule has 7 nitrogen and oxygen atoms in total. The molecule has 0 spiro atoms. The first-order valence-electron chi connectivity index (χ1n) is 20.6. The van der Waals surface area contributed by atoms with Crippen LogP contribution in [0.3, 0.4) is 0 Å². The molecule has 7 heteroatoms. The Balaban J connectivity index is 3.56. The van der Waals surface area contributed by atoms with Crippen LogP contribution in [0.15, 0.2) is 29.5 Å². The SMILES string of the molecule is CCCCCCCC(/C=C/CCCCCCC(=O)OCCCCCCOC(=O)CCCCCC/C=C/C(CCCCCCC)CN=O)CO. The molecule has 0 aromatic heterocycles. The molecule has 0 fully saturated rings. The van der Waals surface area contributed by atoms with Gasteiger partial charge in [-0.3, -0.25) is 9.59 Å². The van der Waals surface area contributed by atoms with Gasteiger partial charge in [0.2, 0.25) is 0 Å². The number of nitroso groups, excluding NO2 is 1. The molecule has 0 aromatic rings. The topological polar surface area (TPSA) is 102 Å². The van der Waals surface area contributed by atoms with Gasteiger partial charge < -0.3 is 14.6 Å². The van der Waals surface area contributed by atoms with E-state index in [1.807, 2.05) is 0 Å². The monoisotopic (exact) mass is 692 g/mol. The van der Waals surface area contributed by atoms with Gasteiger partial charge in [0.15, 0.2) is 0 Å². The zero-order chi connectivity index (χ0) is 35.9. The summed E-state index contributed by atoms with van der Waals surface area (Å²) in [4.78, 5) is 34.7. The van der Waals surface area contributed by atoms with E-state index >= 15 is 0 Å². The second kappa shape index (κ2) is 38.8.